The lowest BCUT2D eigenvalue weighted by Crippen LogP contribution is -2.47. The number of rotatable bonds is 3. The van der Waals surface area contributed by atoms with Crippen LogP contribution in [0.25, 0.3) is 0 Å². The minimum atomic E-state index is -0.296. The third-order valence-corrected chi connectivity index (χ3v) is 5.33. The van der Waals surface area contributed by atoms with Gasteiger partial charge in [0.05, 0.1) is 17.9 Å². The lowest BCUT2D eigenvalue weighted by Gasteiger charge is -2.36. The van der Waals surface area contributed by atoms with E-state index in [9.17, 15) is 4.79 Å². The third-order valence-electron chi connectivity index (χ3n) is 2.11. The van der Waals surface area contributed by atoms with Crippen LogP contribution in [0.4, 0.5) is 0 Å². The average Bonchev–Trinajstić information content (AvgIpc) is 2.09. The zero-order chi connectivity index (χ0) is 10.6. The van der Waals surface area contributed by atoms with Crippen molar-refractivity contribution in [1.82, 2.24) is 0 Å². The normalized spacial score (nSPS) is 32.6. The third kappa shape index (κ3) is 3.37. The largest absolute Gasteiger partial charge is 0.466 e. The molecule has 0 aliphatic carbocycles. The molecule has 0 aromatic rings. The Hall–Kier alpha value is 0.130. The molecule has 0 unspecified atom stereocenters. The molecule has 2 atom stereocenters. The zero-order valence-corrected chi connectivity index (χ0v) is 10.2. The highest BCUT2D eigenvalue weighted by atomic mass is 32.2. The minimum absolute atomic E-state index is 0.135. The van der Waals surface area contributed by atoms with E-state index >= 15 is 0 Å². The molecule has 1 aliphatic heterocycles. The zero-order valence-electron chi connectivity index (χ0n) is 8.62. The van der Waals surface area contributed by atoms with Crippen LogP contribution in [0.1, 0.15) is 20.3 Å². The summed E-state index contributed by atoms with van der Waals surface area (Å²) in [6.45, 7) is 4.26. The monoisotopic (exact) mass is 235 g/mol. The summed E-state index contributed by atoms with van der Waals surface area (Å²) in [6.07, 6.45) is 0.429. The van der Waals surface area contributed by atoms with Crippen LogP contribution in [-0.4, -0.2) is 34.2 Å². The summed E-state index contributed by atoms with van der Waals surface area (Å²) < 4.78 is 4.92. The molecular formula is C9H17NO2S2. The van der Waals surface area contributed by atoms with Gasteiger partial charge in [-0.25, -0.2) is 0 Å². The number of esters is 1. The van der Waals surface area contributed by atoms with Gasteiger partial charge in [0, 0.05) is 16.8 Å². The molecule has 82 valence electrons. The number of carbonyl (C=O) groups is 1. The van der Waals surface area contributed by atoms with Gasteiger partial charge in [-0.3, -0.25) is 4.79 Å². The summed E-state index contributed by atoms with van der Waals surface area (Å²) in [4.78, 5) is 11.0. The van der Waals surface area contributed by atoms with Gasteiger partial charge in [0.15, 0.2) is 0 Å². The summed E-state index contributed by atoms with van der Waals surface area (Å²) in [5, 5.41) is 0.181. The van der Waals surface area contributed by atoms with Crippen molar-refractivity contribution >= 4 is 29.5 Å². The van der Waals surface area contributed by atoms with Crippen LogP contribution < -0.4 is 5.73 Å². The Balaban J connectivity index is 2.45. The molecular weight excluding hydrogens is 218 g/mol. The molecule has 14 heavy (non-hydrogen) atoms. The highest BCUT2D eigenvalue weighted by molar-refractivity contribution is 8.07. The van der Waals surface area contributed by atoms with Crippen molar-refractivity contribution in [2.24, 2.45) is 5.73 Å². The Kier molecular flexibility index (Phi) is 4.60. The Morgan fingerprint density at radius 3 is 2.93 bits per heavy atom. The first-order valence-electron chi connectivity index (χ1n) is 4.76. The topological polar surface area (TPSA) is 52.3 Å². The number of ether oxygens (including phenoxy) is 1. The van der Waals surface area contributed by atoms with Crippen molar-refractivity contribution in [3.8, 4) is 0 Å². The molecule has 0 amide bonds. The van der Waals surface area contributed by atoms with Gasteiger partial charge in [0.2, 0.25) is 0 Å². The van der Waals surface area contributed by atoms with Gasteiger partial charge in [-0.15, -0.1) is 11.8 Å². The van der Waals surface area contributed by atoms with Crippen molar-refractivity contribution in [2.75, 3.05) is 18.1 Å². The number of hydrogen-bond donors (Lipinski definition) is 1. The van der Waals surface area contributed by atoms with E-state index in [1.165, 1.54) is 0 Å². The molecule has 5 heteroatoms. The van der Waals surface area contributed by atoms with Crippen LogP contribution >= 0.6 is 23.5 Å². The Bertz CT molecular complexity index is 209. The number of nitrogens with two attached hydrogens (primary N) is 1. The summed E-state index contributed by atoms with van der Waals surface area (Å²) in [5.41, 5.74) is 6.10. The van der Waals surface area contributed by atoms with E-state index < -0.39 is 0 Å². The maximum atomic E-state index is 11.3. The average molecular weight is 235 g/mol. The number of hydrogen-bond acceptors (Lipinski definition) is 5. The van der Waals surface area contributed by atoms with Crippen molar-refractivity contribution in [2.45, 2.75) is 30.4 Å². The van der Waals surface area contributed by atoms with Crippen LogP contribution in [0.2, 0.25) is 0 Å². The standard InChI is InChI=1S/C9H17NO2S2/c1-3-12-8(11)6-7-9(2,10)14-5-4-13-7/h7H,3-6,10H2,1-2H3/t7-,9+/m1/s1. The van der Waals surface area contributed by atoms with E-state index in [-0.39, 0.29) is 16.1 Å². The maximum Gasteiger partial charge on any atom is 0.307 e. The molecule has 0 spiro atoms. The Labute approximate surface area is 93.5 Å². The lowest BCUT2D eigenvalue weighted by atomic mass is 10.2. The molecule has 1 saturated heterocycles. The first kappa shape index (κ1) is 12.2. The molecule has 1 rings (SSSR count). The first-order valence-corrected chi connectivity index (χ1v) is 6.79. The van der Waals surface area contributed by atoms with E-state index in [1.807, 2.05) is 13.8 Å². The van der Waals surface area contributed by atoms with Crippen molar-refractivity contribution in [3.05, 3.63) is 0 Å². The smallest absolute Gasteiger partial charge is 0.307 e. The van der Waals surface area contributed by atoms with E-state index in [1.54, 1.807) is 23.5 Å². The summed E-state index contributed by atoms with van der Waals surface area (Å²) in [6, 6.07) is 0. The second kappa shape index (κ2) is 5.28. The van der Waals surface area contributed by atoms with Crippen LogP contribution in [0.3, 0.4) is 0 Å². The summed E-state index contributed by atoms with van der Waals surface area (Å²) >= 11 is 3.52. The Morgan fingerprint density at radius 2 is 2.36 bits per heavy atom. The van der Waals surface area contributed by atoms with Crippen molar-refractivity contribution in [1.29, 1.82) is 0 Å². The molecule has 0 bridgehead atoms. The van der Waals surface area contributed by atoms with Gasteiger partial charge < -0.3 is 10.5 Å². The molecule has 0 aromatic heterocycles. The SMILES string of the molecule is CCOC(=O)C[C@H]1SCCS[C@]1(C)N. The van der Waals surface area contributed by atoms with E-state index in [4.69, 9.17) is 10.5 Å². The highest BCUT2D eigenvalue weighted by Gasteiger charge is 2.35. The second-order valence-electron chi connectivity index (χ2n) is 3.40. The fraction of sp³-hybridized carbons (Fsp3) is 0.889. The first-order chi connectivity index (χ1) is 6.56. The van der Waals surface area contributed by atoms with Crippen LogP contribution in [0.5, 0.6) is 0 Å². The molecule has 0 radical (unpaired) electrons. The predicted octanol–water partition coefficient (Wildman–Crippen LogP) is 1.46. The lowest BCUT2D eigenvalue weighted by molar-refractivity contribution is -0.143. The number of carbonyl (C=O) groups excluding carboxylic acids is 1. The van der Waals surface area contributed by atoms with Gasteiger partial charge >= 0.3 is 5.97 Å². The van der Waals surface area contributed by atoms with E-state index in [0.29, 0.717) is 13.0 Å². The highest BCUT2D eigenvalue weighted by Crippen LogP contribution is 2.38. The molecule has 1 fully saturated rings. The summed E-state index contributed by atoms with van der Waals surface area (Å²) in [7, 11) is 0. The van der Waals surface area contributed by atoms with Gasteiger partial charge in [-0.2, -0.15) is 11.8 Å². The van der Waals surface area contributed by atoms with Crippen LogP contribution in [0, 0.1) is 0 Å². The minimum Gasteiger partial charge on any atom is -0.466 e. The molecule has 1 heterocycles. The van der Waals surface area contributed by atoms with Gasteiger partial charge in [0.25, 0.3) is 0 Å². The molecule has 2 N–H and O–H groups in total. The predicted molar refractivity (Wildman–Crippen MR) is 62.5 cm³/mol. The quantitative estimate of drug-likeness (QED) is 0.751. The fourth-order valence-electron chi connectivity index (χ4n) is 1.34. The van der Waals surface area contributed by atoms with E-state index in [2.05, 4.69) is 0 Å². The molecule has 0 aromatic carbocycles. The maximum absolute atomic E-state index is 11.3. The van der Waals surface area contributed by atoms with Crippen molar-refractivity contribution in [3.63, 3.8) is 0 Å². The fourth-order valence-corrected chi connectivity index (χ4v) is 4.05. The Morgan fingerprint density at radius 1 is 1.64 bits per heavy atom. The van der Waals surface area contributed by atoms with Gasteiger partial charge in [-0.05, 0) is 13.8 Å². The van der Waals surface area contributed by atoms with Crippen LogP contribution in [-0.2, 0) is 9.53 Å². The van der Waals surface area contributed by atoms with E-state index in [0.717, 1.165) is 11.5 Å². The number of thioether (sulfide) groups is 2. The van der Waals surface area contributed by atoms with Crippen molar-refractivity contribution < 1.29 is 9.53 Å². The van der Waals surface area contributed by atoms with Crippen LogP contribution in [0.15, 0.2) is 0 Å². The molecule has 0 saturated carbocycles. The summed E-state index contributed by atoms with van der Waals surface area (Å²) in [5.74, 6) is 2.00. The molecule has 3 nitrogen and oxygen atoms in total. The molecule has 1 aliphatic rings. The van der Waals surface area contributed by atoms with Gasteiger partial charge in [-0.1, -0.05) is 0 Å². The van der Waals surface area contributed by atoms with Gasteiger partial charge in [0.1, 0.15) is 0 Å². The second-order valence-corrected chi connectivity index (χ2v) is 6.29.